The summed E-state index contributed by atoms with van der Waals surface area (Å²) in [5.41, 5.74) is 2.59. The molecule has 1 saturated carbocycles. The highest BCUT2D eigenvalue weighted by molar-refractivity contribution is 5.66. The lowest BCUT2D eigenvalue weighted by Gasteiger charge is -2.16. The molecule has 0 aromatic carbocycles. The van der Waals surface area contributed by atoms with Crippen LogP contribution in [0.5, 0.6) is 5.75 Å². The Bertz CT molecular complexity index is 607. The first kappa shape index (κ1) is 14.0. The molecule has 0 bridgehead atoms. The van der Waals surface area contributed by atoms with Crippen molar-refractivity contribution in [1.29, 1.82) is 0 Å². The van der Waals surface area contributed by atoms with Gasteiger partial charge in [-0.2, -0.15) is 0 Å². The van der Waals surface area contributed by atoms with Crippen LogP contribution in [0.3, 0.4) is 0 Å². The van der Waals surface area contributed by atoms with Gasteiger partial charge >= 0.3 is 0 Å². The van der Waals surface area contributed by atoms with Crippen LogP contribution >= 0.6 is 0 Å². The van der Waals surface area contributed by atoms with Gasteiger partial charge in [-0.3, -0.25) is 9.97 Å². The zero-order valence-corrected chi connectivity index (χ0v) is 12.2. The van der Waals surface area contributed by atoms with E-state index in [-0.39, 0.29) is 6.10 Å². The van der Waals surface area contributed by atoms with E-state index >= 15 is 0 Å². The fraction of sp³-hybridized carbons (Fsp3) is 0.412. The molecule has 21 heavy (non-hydrogen) atoms. The number of aliphatic hydroxyl groups excluding tert-OH is 1. The number of hydrogen-bond donors (Lipinski definition) is 1. The number of ether oxygens (including phenoxy) is 1. The van der Waals surface area contributed by atoms with Crippen LogP contribution in [0.1, 0.15) is 44.3 Å². The monoisotopic (exact) mass is 284 g/mol. The lowest BCUT2D eigenvalue weighted by Crippen LogP contribution is -2.11. The van der Waals surface area contributed by atoms with E-state index in [0.29, 0.717) is 0 Å². The van der Waals surface area contributed by atoms with Crippen molar-refractivity contribution in [1.82, 2.24) is 9.97 Å². The molecule has 1 fully saturated rings. The first-order valence-electron chi connectivity index (χ1n) is 7.49. The molecule has 4 heteroatoms. The summed E-state index contributed by atoms with van der Waals surface area (Å²) in [7, 11) is 0. The third-order valence-electron chi connectivity index (χ3n) is 3.92. The number of pyridine rings is 2. The molecule has 4 nitrogen and oxygen atoms in total. The first-order chi connectivity index (χ1) is 10.2. The van der Waals surface area contributed by atoms with E-state index in [1.54, 1.807) is 25.5 Å². The molecule has 1 N–H and O–H groups in total. The van der Waals surface area contributed by atoms with Gasteiger partial charge in [0.05, 0.1) is 24.1 Å². The van der Waals surface area contributed by atoms with Gasteiger partial charge in [0.1, 0.15) is 5.75 Å². The van der Waals surface area contributed by atoms with E-state index in [4.69, 9.17) is 4.74 Å². The normalized spacial score (nSPS) is 16.9. The minimum atomic E-state index is -0.507. The zero-order valence-electron chi connectivity index (χ0n) is 12.2. The zero-order chi connectivity index (χ0) is 14.7. The second kappa shape index (κ2) is 6.22. The van der Waals surface area contributed by atoms with Gasteiger partial charge in [-0.1, -0.05) is 0 Å². The van der Waals surface area contributed by atoms with Crippen molar-refractivity contribution in [2.24, 2.45) is 0 Å². The summed E-state index contributed by atoms with van der Waals surface area (Å²) in [6.07, 6.45) is 9.67. The van der Waals surface area contributed by atoms with Gasteiger partial charge in [-0.15, -0.1) is 0 Å². The quantitative estimate of drug-likeness (QED) is 0.933. The molecule has 2 heterocycles. The van der Waals surface area contributed by atoms with E-state index in [1.165, 1.54) is 12.8 Å². The molecule has 0 spiro atoms. The summed E-state index contributed by atoms with van der Waals surface area (Å²) >= 11 is 0. The van der Waals surface area contributed by atoms with Crippen LogP contribution < -0.4 is 4.74 Å². The summed E-state index contributed by atoms with van der Waals surface area (Å²) in [5.74, 6) is 0.777. The molecule has 110 valence electrons. The molecule has 2 aromatic rings. The molecule has 1 aliphatic carbocycles. The molecule has 0 radical (unpaired) electrons. The molecule has 1 atom stereocenters. The molecule has 1 aliphatic rings. The summed E-state index contributed by atoms with van der Waals surface area (Å²) in [6, 6.07) is 5.65. The molecule has 0 amide bonds. The standard InChI is InChI=1S/C17H20N2O2/c1-12(20)13-6-9-19-16(10-13)15-7-8-18-11-17(15)21-14-4-2-3-5-14/h6-12,14,20H,2-5H2,1H3. The van der Waals surface area contributed by atoms with Gasteiger partial charge in [-0.25, -0.2) is 0 Å². The first-order valence-corrected chi connectivity index (χ1v) is 7.49. The van der Waals surface area contributed by atoms with Crippen molar-refractivity contribution in [3.63, 3.8) is 0 Å². The summed E-state index contributed by atoms with van der Waals surface area (Å²) in [4.78, 5) is 8.58. The van der Waals surface area contributed by atoms with Gasteiger partial charge in [0.15, 0.2) is 0 Å². The molecule has 3 rings (SSSR count). The number of aliphatic hydroxyl groups is 1. The van der Waals surface area contributed by atoms with Gasteiger partial charge in [0, 0.05) is 18.0 Å². The van der Waals surface area contributed by atoms with Crippen LogP contribution in [0, 0.1) is 0 Å². The van der Waals surface area contributed by atoms with Gasteiger partial charge < -0.3 is 9.84 Å². The molecule has 2 aromatic heterocycles. The van der Waals surface area contributed by atoms with Crippen molar-refractivity contribution in [3.05, 3.63) is 42.4 Å². The SMILES string of the molecule is CC(O)c1ccnc(-c2ccncc2OC2CCCC2)c1. The maximum atomic E-state index is 9.72. The molecular weight excluding hydrogens is 264 g/mol. The summed E-state index contributed by atoms with van der Waals surface area (Å²) in [5, 5.41) is 9.72. The van der Waals surface area contributed by atoms with Gasteiger partial charge in [0.2, 0.25) is 0 Å². The highest BCUT2D eigenvalue weighted by Gasteiger charge is 2.19. The van der Waals surface area contributed by atoms with E-state index in [0.717, 1.165) is 35.4 Å². The molecule has 0 aliphatic heterocycles. The third kappa shape index (κ3) is 3.22. The van der Waals surface area contributed by atoms with Crippen molar-refractivity contribution >= 4 is 0 Å². The van der Waals surface area contributed by atoms with Gasteiger partial charge in [-0.05, 0) is 56.4 Å². The smallest absolute Gasteiger partial charge is 0.147 e. The maximum Gasteiger partial charge on any atom is 0.147 e. The van der Waals surface area contributed by atoms with Crippen LogP contribution in [0.25, 0.3) is 11.3 Å². The van der Waals surface area contributed by atoms with Crippen LogP contribution in [0.2, 0.25) is 0 Å². The van der Waals surface area contributed by atoms with E-state index in [9.17, 15) is 5.11 Å². The minimum Gasteiger partial charge on any atom is -0.488 e. The van der Waals surface area contributed by atoms with Crippen LogP contribution in [-0.4, -0.2) is 21.2 Å². The van der Waals surface area contributed by atoms with Gasteiger partial charge in [0.25, 0.3) is 0 Å². The molecular formula is C17H20N2O2. The van der Waals surface area contributed by atoms with Crippen molar-refractivity contribution in [2.45, 2.75) is 44.8 Å². The highest BCUT2D eigenvalue weighted by atomic mass is 16.5. The molecule has 1 unspecified atom stereocenters. The van der Waals surface area contributed by atoms with Crippen molar-refractivity contribution < 1.29 is 9.84 Å². The maximum absolute atomic E-state index is 9.72. The third-order valence-corrected chi connectivity index (χ3v) is 3.92. The Morgan fingerprint density at radius 3 is 2.81 bits per heavy atom. The van der Waals surface area contributed by atoms with E-state index in [2.05, 4.69) is 9.97 Å². The number of aromatic nitrogens is 2. The largest absolute Gasteiger partial charge is 0.488 e. The van der Waals surface area contributed by atoms with Crippen molar-refractivity contribution in [3.8, 4) is 17.0 Å². The van der Waals surface area contributed by atoms with E-state index in [1.807, 2.05) is 18.2 Å². The Kier molecular flexibility index (Phi) is 4.15. The Balaban J connectivity index is 1.92. The Morgan fingerprint density at radius 1 is 1.24 bits per heavy atom. The average molecular weight is 284 g/mol. The molecule has 0 saturated heterocycles. The fourth-order valence-electron chi connectivity index (χ4n) is 2.73. The lowest BCUT2D eigenvalue weighted by molar-refractivity contribution is 0.199. The topological polar surface area (TPSA) is 55.2 Å². The van der Waals surface area contributed by atoms with Crippen molar-refractivity contribution in [2.75, 3.05) is 0 Å². The van der Waals surface area contributed by atoms with Crippen LogP contribution in [-0.2, 0) is 0 Å². The number of nitrogens with zero attached hydrogens (tertiary/aromatic N) is 2. The average Bonchev–Trinajstić information content (AvgIpc) is 3.01. The fourth-order valence-corrected chi connectivity index (χ4v) is 2.73. The summed E-state index contributed by atoms with van der Waals surface area (Å²) in [6.45, 7) is 1.75. The Labute approximate surface area is 124 Å². The Hall–Kier alpha value is -1.94. The van der Waals surface area contributed by atoms with Crippen LogP contribution in [0.4, 0.5) is 0 Å². The Morgan fingerprint density at radius 2 is 2.05 bits per heavy atom. The lowest BCUT2D eigenvalue weighted by atomic mass is 10.1. The number of rotatable bonds is 4. The van der Waals surface area contributed by atoms with E-state index < -0.39 is 6.10 Å². The predicted molar refractivity (Wildman–Crippen MR) is 81.0 cm³/mol. The minimum absolute atomic E-state index is 0.285. The highest BCUT2D eigenvalue weighted by Crippen LogP contribution is 2.32. The second-order valence-corrected chi connectivity index (χ2v) is 5.55. The second-order valence-electron chi connectivity index (χ2n) is 5.55. The van der Waals surface area contributed by atoms with Crippen LogP contribution in [0.15, 0.2) is 36.8 Å². The summed E-state index contributed by atoms with van der Waals surface area (Å²) < 4.78 is 6.10. The predicted octanol–water partition coefficient (Wildman–Crippen LogP) is 3.52. The number of hydrogen-bond acceptors (Lipinski definition) is 4.